The summed E-state index contributed by atoms with van der Waals surface area (Å²) in [6.45, 7) is 2.52. The summed E-state index contributed by atoms with van der Waals surface area (Å²) >= 11 is 12.4. The third kappa shape index (κ3) is 5.55. The fraction of sp³-hybridized carbons (Fsp3) is 0.176. The molecule has 8 heteroatoms. The largest absolute Gasteiger partial charge is 0.490 e. The number of nitrogens with zero attached hydrogens (tertiary/aromatic N) is 1. The van der Waals surface area contributed by atoms with Gasteiger partial charge in [-0.15, -0.1) is 0 Å². The van der Waals surface area contributed by atoms with Crippen LogP contribution in [-0.2, 0) is 6.61 Å². The molecular formula is C17H17Cl2N3O3. The molecule has 0 aliphatic carbocycles. The summed E-state index contributed by atoms with van der Waals surface area (Å²) in [4.78, 5) is 10.6. The fourth-order valence-corrected chi connectivity index (χ4v) is 2.47. The summed E-state index contributed by atoms with van der Waals surface area (Å²) in [5, 5.41) is 4.65. The average Bonchev–Trinajstić information content (AvgIpc) is 2.55. The number of rotatable bonds is 7. The Morgan fingerprint density at radius 1 is 1.24 bits per heavy atom. The highest BCUT2D eigenvalue weighted by Gasteiger charge is 2.13. The van der Waals surface area contributed by atoms with Crippen LogP contribution in [0.4, 0.5) is 4.79 Å². The van der Waals surface area contributed by atoms with Gasteiger partial charge in [-0.3, -0.25) is 0 Å². The third-order valence-corrected chi connectivity index (χ3v) is 3.70. The number of urea groups is 1. The van der Waals surface area contributed by atoms with Gasteiger partial charge in [-0.05, 0) is 30.7 Å². The van der Waals surface area contributed by atoms with Crippen molar-refractivity contribution < 1.29 is 14.3 Å². The van der Waals surface area contributed by atoms with Crippen LogP contribution in [0.3, 0.4) is 0 Å². The van der Waals surface area contributed by atoms with E-state index >= 15 is 0 Å². The molecule has 6 nitrogen and oxygen atoms in total. The lowest BCUT2D eigenvalue weighted by atomic mass is 10.2. The van der Waals surface area contributed by atoms with Gasteiger partial charge in [0.25, 0.3) is 0 Å². The molecular weight excluding hydrogens is 365 g/mol. The van der Waals surface area contributed by atoms with Gasteiger partial charge in [0.1, 0.15) is 6.61 Å². The molecule has 132 valence electrons. The minimum Gasteiger partial charge on any atom is -0.490 e. The van der Waals surface area contributed by atoms with Crippen LogP contribution in [0.15, 0.2) is 41.5 Å². The molecule has 2 amide bonds. The molecule has 3 N–H and O–H groups in total. The first-order chi connectivity index (χ1) is 12.0. The first-order valence-electron chi connectivity index (χ1n) is 7.42. The number of carbonyl (C=O) groups excluding carboxylic acids is 1. The Labute approximate surface area is 155 Å². The quantitative estimate of drug-likeness (QED) is 0.561. The number of hydrogen-bond acceptors (Lipinski definition) is 4. The SMILES string of the molecule is CCOc1cc(/C=N\NC(N)=O)cc(Cl)c1OCc1ccccc1Cl. The molecule has 0 atom stereocenters. The maximum absolute atomic E-state index is 10.6. The van der Waals surface area contributed by atoms with E-state index in [0.717, 1.165) is 5.56 Å². The van der Waals surface area contributed by atoms with Crippen LogP contribution in [0.25, 0.3) is 0 Å². The molecule has 0 bridgehead atoms. The van der Waals surface area contributed by atoms with Crippen molar-refractivity contribution >= 4 is 35.4 Å². The van der Waals surface area contributed by atoms with Crippen LogP contribution >= 0.6 is 23.2 Å². The molecule has 2 aromatic carbocycles. The summed E-state index contributed by atoms with van der Waals surface area (Å²) in [5.74, 6) is 0.867. The number of nitrogens with two attached hydrogens (primary N) is 1. The molecule has 0 radical (unpaired) electrons. The van der Waals surface area contributed by atoms with E-state index in [9.17, 15) is 4.79 Å². The molecule has 0 heterocycles. The number of hydrogen-bond donors (Lipinski definition) is 2. The molecule has 0 aromatic heterocycles. The number of hydrazone groups is 1. The van der Waals surface area contributed by atoms with Crippen LogP contribution in [0.1, 0.15) is 18.1 Å². The van der Waals surface area contributed by atoms with Gasteiger partial charge in [0.2, 0.25) is 0 Å². The third-order valence-electron chi connectivity index (χ3n) is 3.05. The number of benzene rings is 2. The van der Waals surface area contributed by atoms with E-state index < -0.39 is 6.03 Å². The van der Waals surface area contributed by atoms with Crippen LogP contribution in [0.2, 0.25) is 10.0 Å². The number of ether oxygens (including phenoxy) is 2. The standard InChI is InChI=1S/C17H17Cl2N3O3/c1-2-24-15-8-11(9-21-22-17(20)23)7-14(19)16(15)25-10-12-5-3-4-6-13(12)18/h3-9H,2,10H2,1H3,(H3,20,22,23)/b21-9-. The summed E-state index contributed by atoms with van der Waals surface area (Å²) in [5.41, 5.74) is 8.51. The minimum absolute atomic E-state index is 0.246. The van der Waals surface area contributed by atoms with Gasteiger partial charge in [0.15, 0.2) is 11.5 Å². The number of primary amides is 1. The van der Waals surface area contributed by atoms with Gasteiger partial charge in [0.05, 0.1) is 17.8 Å². The van der Waals surface area contributed by atoms with Crippen molar-refractivity contribution in [2.45, 2.75) is 13.5 Å². The Morgan fingerprint density at radius 2 is 2.00 bits per heavy atom. The molecule has 0 aliphatic rings. The lowest BCUT2D eigenvalue weighted by molar-refractivity contribution is 0.249. The first kappa shape index (κ1) is 18.9. The maximum Gasteiger partial charge on any atom is 0.332 e. The number of carbonyl (C=O) groups is 1. The van der Waals surface area contributed by atoms with Crippen molar-refractivity contribution in [1.82, 2.24) is 5.43 Å². The van der Waals surface area contributed by atoms with Crippen LogP contribution < -0.4 is 20.6 Å². The highest BCUT2D eigenvalue weighted by Crippen LogP contribution is 2.37. The van der Waals surface area contributed by atoms with E-state index in [2.05, 4.69) is 10.5 Å². The van der Waals surface area contributed by atoms with E-state index in [0.29, 0.717) is 33.7 Å². The molecule has 0 spiro atoms. The Kier molecular flexibility index (Phi) is 6.91. The van der Waals surface area contributed by atoms with Crippen molar-refractivity contribution in [2.75, 3.05) is 6.61 Å². The second kappa shape index (κ2) is 9.15. The number of halogens is 2. The first-order valence-corrected chi connectivity index (χ1v) is 8.18. The molecule has 0 saturated heterocycles. The van der Waals surface area contributed by atoms with Crippen molar-refractivity contribution in [3.8, 4) is 11.5 Å². The second-order valence-corrected chi connectivity index (χ2v) is 5.69. The maximum atomic E-state index is 10.6. The highest BCUT2D eigenvalue weighted by molar-refractivity contribution is 6.32. The van der Waals surface area contributed by atoms with Crippen molar-refractivity contribution in [3.05, 3.63) is 57.6 Å². The van der Waals surface area contributed by atoms with Gasteiger partial charge in [-0.2, -0.15) is 5.10 Å². The average molecular weight is 382 g/mol. The Hall–Kier alpha value is -2.44. The smallest absolute Gasteiger partial charge is 0.332 e. The summed E-state index contributed by atoms with van der Waals surface area (Å²) in [7, 11) is 0. The van der Waals surface area contributed by atoms with Crippen LogP contribution in [0.5, 0.6) is 11.5 Å². The molecule has 0 unspecified atom stereocenters. The molecule has 2 rings (SSSR count). The second-order valence-electron chi connectivity index (χ2n) is 4.88. The normalized spacial score (nSPS) is 10.7. The number of amides is 2. The predicted octanol–water partition coefficient (Wildman–Crippen LogP) is 3.97. The summed E-state index contributed by atoms with van der Waals surface area (Å²) in [6, 6.07) is 9.96. The number of nitrogens with one attached hydrogen (secondary N) is 1. The molecule has 25 heavy (non-hydrogen) atoms. The van der Waals surface area contributed by atoms with E-state index in [4.69, 9.17) is 38.4 Å². The zero-order chi connectivity index (χ0) is 18.2. The molecule has 0 saturated carbocycles. The van der Waals surface area contributed by atoms with Gasteiger partial charge < -0.3 is 15.2 Å². The zero-order valence-corrected chi connectivity index (χ0v) is 15.0. The summed E-state index contributed by atoms with van der Waals surface area (Å²) < 4.78 is 11.4. The highest BCUT2D eigenvalue weighted by atomic mass is 35.5. The molecule has 0 fully saturated rings. The zero-order valence-electron chi connectivity index (χ0n) is 13.5. The lowest BCUT2D eigenvalue weighted by Crippen LogP contribution is -2.24. The Morgan fingerprint density at radius 3 is 2.68 bits per heavy atom. The molecule has 2 aromatic rings. The van der Waals surface area contributed by atoms with E-state index in [-0.39, 0.29) is 6.61 Å². The topological polar surface area (TPSA) is 85.9 Å². The Balaban J connectivity index is 2.23. The Bertz CT molecular complexity index is 782. The lowest BCUT2D eigenvalue weighted by Gasteiger charge is -2.15. The monoisotopic (exact) mass is 381 g/mol. The predicted molar refractivity (Wildman–Crippen MR) is 98.7 cm³/mol. The van der Waals surface area contributed by atoms with Gasteiger partial charge in [0, 0.05) is 10.6 Å². The van der Waals surface area contributed by atoms with Gasteiger partial charge in [-0.1, -0.05) is 41.4 Å². The molecule has 0 aliphatic heterocycles. The summed E-state index contributed by atoms with van der Waals surface area (Å²) in [6.07, 6.45) is 1.40. The fourth-order valence-electron chi connectivity index (χ4n) is 2.00. The van der Waals surface area contributed by atoms with Crippen molar-refractivity contribution in [1.29, 1.82) is 0 Å². The van der Waals surface area contributed by atoms with Crippen LogP contribution in [-0.4, -0.2) is 18.9 Å². The minimum atomic E-state index is -0.757. The van der Waals surface area contributed by atoms with E-state index in [1.54, 1.807) is 18.2 Å². The van der Waals surface area contributed by atoms with Gasteiger partial charge >= 0.3 is 6.03 Å². The van der Waals surface area contributed by atoms with Crippen LogP contribution in [0, 0.1) is 0 Å². The van der Waals surface area contributed by atoms with Crippen molar-refractivity contribution in [3.63, 3.8) is 0 Å². The van der Waals surface area contributed by atoms with E-state index in [1.807, 2.05) is 25.1 Å². The van der Waals surface area contributed by atoms with E-state index in [1.165, 1.54) is 6.21 Å². The van der Waals surface area contributed by atoms with Gasteiger partial charge in [-0.25, -0.2) is 10.2 Å². The van der Waals surface area contributed by atoms with Crippen molar-refractivity contribution in [2.24, 2.45) is 10.8 Å².